The monoisotopic (exact) mass is 1300 g/mol. The van der Waals surface area contributed by atoms with Crippen molar-refractivity contribution in [3.8, 4) is 5.75 Å². The van der Waals surface area contributed by atoms with E-state index in [1.165, 1.54) is 33.4 Å². The highest BCUT2D eigenvalue weighted by atomic mass is 35.5. The first-order valence-electron chi connectivity index (χ1n) is 27.5. The van der Waals surface area contributed by atoms with E-state index in [1.807, 2.05) is 0 Å². The summed E-state index contributed by atoms with van der Waals surface area (Å²) in [6.07, 6.45) is 6.90. The fourth-order valence-corrected chi connectivity index (χ4v) is 11.0. The first-order chi connectivity index (χ1) is 41.8. The molecule has 0 radical (unpaired) electrons. The van der Waals surface area contributed by atoms with E-state index < -0.39 is 144 Å². The summed E-state index contributed by atoms with van der Waals surface area (Å²) in [5.41, 5.74) is -5.16. The number of fused-ring (bicyclic) bond motifs is 2. The van der Waals surface area contributed by atoms with Crippen molar-refractivity contribution in [2.75, 3.05) is 0 Å². The van der Waals surface area contributed by atoms with Crippen molar-refractivity contribution in [1.29, 1.82) is 0 Å². The molecule has 0 unspecified atom stereocenters. The Kier molecular flexibility index (Phi) is 19.0. The summed E-state index contributed by atoms with van der Waals surface area (Å²) in [6, 6.07) is 15.4. The molecule has 6 aromatic carbocycles. The Morgan fingerprint density at radius 3 is 1.24 bits per heavy atom. The van der Waals surface area contributed by atoms with Crippen molar-refractivity contribution < 1.29 is 97.0 Å². The van der Waals surface area contributed by atoms with Gasteiger partial charge in [-0.1, -0.05) is 90.4 Å². The normalized spacial score (nSPS) is 15.0. The first kappa shape index (κ1) is 68.1. The molecule has 0 saturated carbocycles. The predicted molar refractivity (Wildman–Crippen MR) is 303 cm³/mol. The van der Waals surface area contributed by atoms with Gasteiger partial charge in [0.25, 0.3) is 0 Å². The smallest absolute Gasteiger partial charge is 0.360 e. The van der Waals surface area contributed by atoms with E-state index in [2.05, 4.69) is 142 Å². The topological polar surface area (TPSA) is 20.5 Å². The van der Waals surface area contributed by atoms with Crippen molar-refractivity contribution >= 4 is 62.2 Å². The van der Waals surface area contributed by atoms with Crippen LogP contribution in [0.2, 0.25) is 0 Å². The van der Waals surface area contributed by atoms with Crippen LogP contribution in [0.1, 0.15) is 128 Å². The lowest BCUT2D eigenvalue weighted by Gasteiger charge is -2.44. The van der Waals surface area contributed by atoms with Crippen LogP contribution in [-0.4, -0.2) is 6.15 Å². The fraction of sp³-hybridized carbons (Fsp3) is 0.258. The standard InChI is InChI=1S/C42H50ClO2.C24BF20/c1-26(2)30-18-20-36-34(22-30)32(24-38(44-36)41(5,6)7)16-14-28-12-11-13-29(40(28)43)15-17-33-25-39(42(8,9)10)45-37-21-19-31(27(3)4)23-35(33)37;26-5-1(6(27)14(35)21(42)13(5)34)25(2-7(28)15(36)22(43)16(37)8(2)29,3-9(30)17(38)23(44)18(39)10(3)31)4-11(32)19(40)24(45)20(41)12(4)33/h14-27H,11-13H2,1-10H3;/q+1;-1. The molecule has 90 heavy (non-hydrogen) atoms. The molecule has 24 heteroatoms. The third-order valence-corrected chi connectivity index (χ3v) is 16.0. The second kappa shape index (κ2) is 25.1. The zero-order valence-corrected chi connectivity index (χ0v) is 49.8. The lowest BCUT2D eigenvalue weighted by atomic mass is 9.12. The molecule has 1 aromatic heterocycles. The Balaban J connectivity index is 0.000000232. The largest absolute Gasteiger partial charge is 0.461 e. The molecule has 0 bridgehead atoms. The van der Waals surface area contributed by atoms with Crippen LogP contribution in [0.4, 0.5) is 87.8 Å². The molecule has 2 nitrogen and oxygen atoms in total. The number of benzene rings is 6. The number of halogens is 21. The van der Waals surface area contributed by atoms with Crippen LogP contribution in [0.5, 0.6) is 5.75 Å². The SMILES string of the molecule is CC(C)c1ccc2c(c1)/C(=C/C=C1\CCCC(/C=C/c3cc(C(C)(C)C)[o+]c4ccc(C(C)C)cc34)=C1Cl)C=C(C(C)(C)C)O2.Fc1c(F)c(F)c([B-](c2c(F)c(F)c(F)c(F)c2F)(c2c(F)c(F)c(F)c(F)c2F)c2c(F)c(F)c(F)c(F)c2F)c(F)c1F. The highest BCUT2D eigenvalue weighted by Crippen LogP contribution is 2.43. The van der Waals surface area contributed by atoms with Gasteiger partial charge in [-0.2, -0.15) is 0 Å². The average Bonchev–Trinajstić information content (AvgIpc) is 0.682. The Morgan fingerprint density at radius 1 is 0.467 bits per heavy atom. The van der Waals surface area contributed by atoms with Gasteiger partial charge in [0.1, 0.15) is 64.2 Å². The van der Waals surface area contributed by atoms with E-state index in [-0.39, 0.29) is 10.8 Å². The minimum Gasteiger partial charge on any atom is -0.461 e. The van der Waals surface area contributed by atoms with Gasteiger partial charge in [-0.3, -0.25) is 0 Å². The van der Waals surface area contributed by atoms with Crippen molar-refractivity contribution in [2.45, 2.75) is 106 Å². The molecule has 0 fully saturated rings. The molecule has 0 spiro atoms. The van der Waals surface area contributed by atoms with Gasteiger partial charge in [-0.15, -0.1) is 21.9 Å². The Hall–Kier alpha value is -7.82. The molecular formula is C66H50BClF20O2. The fourth-order valence-electron chi connectivity index (χ4n) is 10.7. The van der Waals surface area contributed by atoms with Crippen LogP contribution in [0, 0.1) is 122 Å². The molecular weight excluding hydrogens is 1250 g/mol. The molecule has 0 atom stereocenters. The summed E-state index contributed by atoms with van der Waals surface area (Å²) in [5, 5.41) is 2.00. The second-order valence-corrected chi connectivity index (χ2v) is 24.5. The van der Waals surface area contributed by atoms with Gasteiger partial charge < -0.3 is 4.74 Å². The van der Waals surface area contributed by atoms with Gasteiger partial charge in [-0.25, -0.2) is 92.2 Å². The molecule has 9 rings (SSSR count). The maximum atomic E-state index is 15.4. The minimum atomic E-state index is -7.22. The van der Waals surface area contributed by atoms with Crippen LogP contribution >= 0.6 is 11.6 Å². The molecule has 0 saturated heterocycles. The van der Waals surface area contributed by atoms with E-state index >= 15 is 35.1 Å². The number of ether oxygens (including phenoxy) is 1. The Bertz CT molecular complexity index is 3900. The van der Waals surface area contributed by atoms with Gasteiger partial charge in [0.05, 0.1) is 10.8 Å². The highest BCUT2D eigenvalue weighted by Gasteiger charge is 2.52. The zero-order valence-electron chi connectivity index (χ0n) is 49.0. The number of hydrogen-bond donors (Lipinski definition) is 0. The molecule has 2 heterocycles. The summed E-state index contributed by atoms with van der Waals surface area (Å²) in [6.45, 7) is 22.1. The van der Waals surface area contributed by atoms with Crippen LogP contribution in [0.3, 0.4) is 0 Å². The Labute approximate surface area is 507 Å². The first-order valence-corrected chi connectivity index (χ1v) is 27.9. The molecule has 476 valence electrons. The lowest BCUT2D eigenvalue weighted by Crippen LogP contribution is -2.81. The van der Waals surface area contributed by atoms with E-state index in [4.69, 9.17) is 20.8 Å². The number of rotatable bonds is 9. The summed E-state index contributed by atoms with van der Waals surface area (Å²) in [5.74, 6) is -67.6. The summed E-state index contributed by atoms with van der Waals surface area (Å²) < 4.78 is 307. The number of hydrogen-bond acceptors (Lipinski definition) is 1. The maximum absolute atomic E-state index is 15.4. The van der Waals surface area contributed by atoms with Gasteiger partial charge in [-0.05, 0) is 110 Å². The van der Waals surface area contributed by atoms with Crippen LogP contribution in [0.25, 0.3) is 22.6 Å². The summed E-state index contributed by atoms with van der Waals surface area (Å²) >= 11 is 7.16. The molecule has 7 aromatic rings. The maximum Gasteiger partial charge on any atom is 0.360 e. The van der Waals surface area contributed by atoms with Gasteiger partial charge in [0, 0.05) is 33.7 Å². The van der Waals surface area contributed by atoms with E-state index in [0.29, 0.717) is 11.8 Å². The van der Waals surface area contributed by atoms with Crippen molar-refractivity contribution in [3.05, 3.63) is 233 Å². The third kappa shape index (κ3) is 11.8. The summed E-state index contributed by atoms with van der Waals surface area (Å²) in [4.78, 5) is 0. The van der Waals surface area contributed by atoms with E-state index in [0.717, 1.165) is 58.1 Å². The molecule has 1 aliphatic carbocycles. The van der Waals surface area contributed by atoms with Gasteiger partial charge >= 0.3 is 11.3 Å². The zero-order chi connectivity index (χ0) is 67.0. The van der Waals surface area contributed by atoms with E-state index in [1.54, 1.807) is 0 Å². The van der Waals surface area contributed by atoms with Crippen molar-refractivity contribution in [1.82, 2.24) is 0 Å². The average molecular weight is 1300 g/mol. The van der Waals surface area contributed by atoms with E-state index in [9.17, 15) is 52.7 Å². The molecule has 0 N–H and O–H groups in total. The summed E-state index contributed by atoms with van der Waals surface area (Å²) in [7, 11) is 0. The van der Waals surface area contributed by atoms with Crippen LogP contribution < -0.4 is 26.6 Å². The van der Waals surface area contributed by atoms with Crippen molar-refractivity contribution in [3.63, 3.8) is 0 Å². The number of allylic oxidation sites excluding steroid dienone is 9. The van der Waals surface area contributed by atoms with Crippen molar-refractivity contribution in [2.24, 2.45) is 5.41 Å². The van der Waals surface area contributed by atoms with Crippen LogP contribution in [-0.2, 0) is 5.41 Å². The minimum absolute atomic E-state index is 0.0985. The predicted octanol–water partition coefficient (Wildman–Crippen LogP) is 19.1. The van der Waals surface area contributed by atoms with Crippen LogP contribution in [0.15, 0.2) is 93.1 Å². The molecule has 2 aliphatic rings. The lowest BCUT2D eigenvalue weighted by molar-refractivity contribution is 0.290. The molecule has 1 aliphatic heterocycles. The second-order valence-electron chi connectivity index (χ2n) is 24.1. The third-order valence-electron chi connectivity index (χ3n) is 15.5. The molecule has 0 amide bonds. The highest BCUT2D eigenvalue weighted by molar-refractivity contribution is 7.20. The van der Waals surface area contributed by atoms with Gasteiger partial charge in [0.2, 0.25) is 0 Å². The van der Waals surface area contributed by atoms with Gasteiger partial charge in [0.15, 0.2) is 69.8 Å². The quantitative estimate of drug-likeness (QED) is 0.0472. The Morgan fingerprint density at radius 2 is 0.856 bits per heavy atom.